The van der Waals surface area contributed by atoms with Crippen LogP contribution in [0.4, 0.5) is 11.4 Å². The molecule has 2 aromatic carbocycles. The topological polar surface area (TPSA) is 75.7 Å². The smallest absolute Gasteiger partial charge is 0.338 e. The molecule has 0 bridgehead atoms. The van der Waals surface area contributed by atoms with E-state index in [0.29, 0.717) is 24.4 Å². The summed E-state index contributed by atoms with van der Waals surface area (Å²) in [6.07, 6.45) is 1.96. The summed E-state index contributed by atoms with van der Waals surface area (Å²) >= 11 is 3.37. The first kappa shape index (κ1) is 21.0. The van der Waals surface area contributed by atoms with Crippen molar-refractivity contribution in [1.29, 1.82) is 0 Å². The molecule has 0 radical (unpaired) electrons. The number of anilines is 2. The number of benzene rings is 2. The summed E-state index contributed by atoms with van der Waals surface area (Å²) in [6.45, 7) is 2.77. The number of esters is 1. The number of hydrogen-bond acceptors (Lipinski definition) is 4. The first-order valence-electron chi connectivity index (χ1n) is 9.62. The number of nitrogens with zero attached hydrogens (tertiary/aromatic N) is 1. The van der Waals surface area contributed by atoms with Crippen LogP contribution in [0, 0.1) is 5.92 Å². The number of nitrogens with one attached hydrogen (secondary N) is 1. The number of amides is 2. The Hall–Kier alpha value is -2.67. The van der Waals surface area contributed by atoms with E-state index < -0.39 is 5.92 Å². The van der Waals surface area contributed by atoms with Crippen LogP contribution in [0.5, 0.6) is 0 Å². The molecule has 152 valence electrons. The fourth-order valence-electron chi connectivity index (χ4n) is 3.08. The summed E-state index contributed by atoms with van der Waals surface area (Å²) in [7, 11) is 0. The number of rotatable bonds is 7. The molecule has 0 saturated carbocycles. The second-order valence-electron chi connectivity index (χ2n) is 6.94. The number of carbonyl (C=O) groups excluding carboxylic acids is 3. The van der Waals surface area contributed by atoms with Crippen molar-refractivity contribution in [3.05, 3.63) is 58.6 Å². The van der Waals surface area contributed by atoms with E-state index in [-0.39, 0.29) is 24.2 Å². The lowest BCUT2D eigenvalue weighted by molar-refractivity contribution is -0.122. The third kappa shape index (κ3) is 5.44. The standard InChI is InChI=1S/C22H23BrN2O4/c1-2-3-12-29-22(28)15-4-8-18(9-5-15)24-21(27)16-13-20(26)25(14-16)19-10-6-17(23)7-11-19/h4-11,16H,2-3,12-14H2,1H3,(H,24,27)/t16-/m1/s1. The van der Waals surface area contributed by atoms with Gasteiger partial charge in [-0.1, -0.05) is 29.3 Å². The van der Waals surface area contributed by atoms with Crippen LogP contribution in [-0.4, -0.2) is 30.9 Å². The second-order valence-corrected chi connectivity index (χ2v) is 7.85. The van der Waals surface area contributed by atoms with E-state index in [2.05, 4.69) is 21.2 Å². The van der Waals surface area contributed by atoms with Gasteiger partial charge in [-0.25, -0.2) is 4.79 Å². The molecule has 6 nitrogen and oxygen atoms in total. The van der Waals surface area contributed by atoms with Crippen LogP contribution in [-0.2, 0) is 14.3 Å². The van der Waals surface area contributed by atoms with Gasteiger partial charge in [0.2, 0.25) is 11.8 Å². The Morgan fingerprint density at radius 3 is 2.48 bits per heavy atom. The predicted octanol–water partition coefficient (Wildman–Crippen LogP) is 4.40. The Kier molecular flexibility index (Phi) is 7.04. The fourth-order valence-corrected chi connectivity index (χ4v) is 3.34. The van der Waals surface area contributed by atoms with Gasteiger partial charge in [-0.15, -0.1) is 0 Å². The average Bonchev–Trinajstić information content (AvgIpc) is 3.11. The molecule has 1 saturated heterocycles. The van der Waals surface area contributed by atoms with Gasteiger partial charge in [-0.3, -0.25) is 9.59 Å². The number of carbonyl (C=O) groups is 3. The first-order valence-corrected chi connectivity index (χ1v) is 10.4. The second kappa shape index (κ2) is 9.69. The lowest BCUT2D eigenvalue weighted by Gasteiger charge is -2.17. The van der Waals surface area contributed by atoms with Crippen molar-refractivity contribution in [2.75, 3.05) is 23.4 Å². The van der Waals surface area contributed by atoms with E-state index in [9.17, 15) is 14.4 Å². The molecule has 1 atom stereocenters. The molecular weight excluding hydrogens is 436 g/mol. The summed E-state index contributed by atoms with van der Waals surface area (Å²) < 4.78 is 6.10. The normalized spacial score (nSPS) is 16.0. The van der Waals surface area contributed by atoms with Crippen molar-refractivity contribution in [2.45, 2.75) is 26.2 Å². The summed E-state index contributed by atoms with van der Waals surface area (Å²) in [5, 5.41) is 2.83. The maximum absolute atomic E-state index is 12.6. The van der Waals surface area contributed by atoms with Crippen molar-refractivity contribution in [2.24, 2.45) is 5.92 Å². The first-order chi connectivity index (χ1) is 14.0. The molecule has 0 unspecified atom stereocenters. The van der Waals surface area contributed by atoms with Crippen LogP contribution in [0.2, 0.25) is 0 Å². The molecule has 29 heavy (non-hydrogen) atoms. The number of halogens is 1. The van der Waals surface area contributed by atoms with Gasteiger partial charge in [0, 0.05) is 28.8 Å². The Morgan fingerprint density at radius 2 is 1.83 bits per heavy atom. The zero-order valence-electron chi connectivity index (χ0n) is 16.2. The van der Waals surface area contributed by atoms with Gasteiger partial charge < -0.3 is 15.0 Å². The van der Waals surface area contributed by atoms with Gasteiger partial charge in [-0.05, 0) is 55.0 Å². The minimum Gasteiger partial charge on any atom is -0.462 e. The molecule has 0 aliphatic carbocycles. The molecule has 1 aliphatic heterocycles. The van der Waals surface area contributed by atoms with Crippen LogP contribution in [0.3, 0.4) is 0 Å². The van der Waals surface area contributed by atoms with Gasteiger partial charge in [0.15, 0.2) is 0 Å². The number of hydrogen-bond donors (Lipinski definition) is 1. The fraction of sp³-hybridized carbons (Fsp3) is 0.318. The monoisotopic (exact) mass is 458 g/mol. The zero-order chi connectivity index (χ0) is 20.8. The Labute approximate surface area is 178 Å². The minimum absolute atomic E-state index is 0.0716. The molecular formula is C22H23BrN2O4. The quantitative estimate of drug-likeness (QED) is 0.492. The van der Waals surface area contributed by atoms with Crippen LogP contribution in [0.15, 0.2) is 53.0 Å². The highest BCUT2D eigenvalue weighted by Gasteiger charge is 2.35. The van der Waals surface area contributed by atoms with Crippen molar-refractivity contribution in [3.63, 3.8) is 0 Å². The summed E-state index contributed by atoms with van der Waals surface area (Å²) in [5.74, 6) is -1.08. The lowest BCUT2D eigenvalue weighted by atomic mass is 10.1. The molecule has 2 amide bonds. The van der Waals surface area contributed by atoms with E-state index in [1.54, 1.807) is 29.2 Å². The van der Waals surface area contributed by atoms with E-state index in [0.717, 1.165) is 23.0 Å². The molecule has 1 heterocycles. The summed E-state index contributed by atoms with van der Waals surface area (Å²) in [4.78, 5) is 38.5. The Bertz CT molecular complexity index is 881. The maximum atomic E-state index is 12.6. The van der Waals surface area contributed by atoms with E-state index >= 15 is 0 Å². The minimum atomic E-state index is -0.426. The molecule has 0 aromatic heterocycles. The Morgan fingerprint density at radius 1 is 1.14 bits per heavy atom. The van der Waals surface area contributed by atoms with Crippen LogP contribution < -0.4 is 10.2 Å². The van der Waals surface area contributed by atoms with Crippen molar-refractivity contribution in [3.8, 4) is 0 Å². The molecule has 2 aromatic rings. The lowest BCUT2D eigenvalue weighted by Crippen LogP contribution is -2.28. The highest BCUT2D eigenvalue weighted by molar-refractivity contribution is 9.10. The third-order valence-electron chi connectivity index (χ3n) is 4.75. The summed E-state index contributed by atoms with van der Waals surface area (Å²) in [6, 6.07) is 14.0. The SMILES string of the molecule is CCCCOC(=O)c1ccc(NC(=O)[C@@H]2CC(=O)N(c3ccc(Br)cc3)C2)cc1. The molecule has 0 spiro atoms. The van der Waals surface area contributed by atoms with Crippen LogP contribution >= 0.6 is 15.9 Å². The Balaban J connectivity index is 1.57. The van der Waals surface area contributed by atoms with Crippen molar-refractivity contribution >= 4 is 45.1 Å². The van der Waals surface area contributed by atoms with Gasteiger partial charge in [0.1, 0.15) is 0 Å². The maximum Gasteiger partial charge on any atom is 0.338 e. The molecule has 3 rings (SSSR count). The molecule has 7 heteroatoms. The van der Waals surface area contributed by atoms with E-state index in [1.807, 2.05) is 31.2 Å². The summed E-state index contributed by atoms with van der Waals surface area (Å²) in [5.41, 5.74) is 1.80. The van der Waals surface area contributed by atoms with Crippen molar-refractivity contribution < 1.29 is 19.1 Å². The third-order valence-corrected chi connectivity index (χ3v) is 5.28. The number of unbranched alkanes of at least 4 members (excludes halogenated alkanes) is 1. The highest BCUT2D eigenvalue weighted by atomic mass is 79.9. The molecule has 1 N–H and O–H groups in total. The van der Waals surface area contributed by atoms with Crippen LogP contribution in [0.25, 0.3) is 0 Å². The van der Waals surface area contributed by atoms with Gasteiger partial charge in [0.05, 0.1) is 18.1 Å². The van der Waals surface area contributed by atoms with Gasteiger partial charge >= 0.3 is 5.97 Å². The predicted molar refractivity (Wildman–Crippen MR) is 115 cm³/mol. The molecule has 1 fully saturated rings. The van der Waals surface area contributed by atoms with E-state index in [4.69, 9.17) is 4.74 Å². The largest absolute Gasteiger partial charge is 0.462 e. The van der Waals surface area contributed by atoms with Gasteiger partial charge in [0.25, 0.3) is 0 Å². The van der Waals surface area contributed by atoms with E-state index in [1.165, 1.54) is 0 Å². The zero-order valence-corrected chi connectivity index (χ0v) is 17.8. The molecule has 1 aliphatic rings. The van der Waals surface area contributed by atoms with Crippen molar-refractivity contribution in [1.82, 2.24) is 0 Å². The number of ether oxygens (including phenoxy) is 1. The van der Waals surface area contributed by atoms with Gasteiger partial charge in [-0.2, -0.15) is 0 Å². The highest BCUT2D eigenvalue weighted by Crippen LogP contribution is 2.27. The van der Waals surface area contributed by atoms with Crippen LogP contribution in [0.1, 0.15) is 36.5 Å². The average molecular weight is 459 g/mol.